The van der Waals surface area contributed by atoms with E-state index in [1.54, 1.807) is 6.08 Å². The van der Waals surface area contributed by atoms with Crippen LogP contribution in [0.4, 0.5) is 10.5 Å². The van der Waals surface area contributed by atoms with Crippen LogP contribution in [0.1, 0.15) is 5.56 Å². The van der Waals surface area contributed by atoms with E-state index in [9.17, 15) is 4.79 Å². The molecule has 0 radical (unpaired) electrons. The summed E-state index contributed by atoms with van der Waals surface area (Å²) in [5, 5.41) is 6.11. The Morgan fingerprint density at radius 1 is 1.59 bits per heavy atom. The zero-order chi connectivity index (χ0) is 12.1. The Hall–Kier alpha value is -1.97. The van der Waals surface area contributed by atoms with Gasteiger partial charge >= 0.3 is 6.09 Å². The largest absolute Gasteiger partial charge is 0.445 e. The number of amides is 1. The first kappa shape index (κ1) is 11.5. The Balaban J connectivity index is 1.89. The molecule has 1 amide bonds. The van der Waals surface area contributed by atoms with Crippen LogP contribution < -0.4 is 10.6 Å². The Morgan fingerprint density at radius 3 is 3.24 bits per heavy atom. The Kier molecular flexibility index (Phi) is 3.65. The first-order valence-corrected chi connectivity index (χ1v) is 5.65. The second kappa shape index (κ2) is 5.39. The van der Waals surface area contributed by atoms with E-state index in [-0.39, 0.29) is 12.6 Å². The van der Waals surface area contributed by atoms with E-state index in [4.69, 9.17) is 4.74 Å². The topological polar surface area (TPSA) is 50.4 Å². The quantitative estimate of drug-likeness (QED) is 0.783. The maximum absolute atomic E-state index is 11.4. The number of anilines is 1. The Labute approximate surface area is 101 Å². The molecule has 1 atom stereocenters. The third kappa shape index (κ3) is 3.00. The molecule has 1 heterocycles. The van der Waals surface area contributed by atoms with E-state index in [1.165, 1.54) is 5.56 Å². The van der Waals surface area contributed by atoms with Crippen LogP contribution in [-0.2, 0) is 11.2 Å². The second-order valence-corrected chi connectivity index (χ2v) is 3.97. The van der Waals surface area contributed by atoms with Gasteiger partial charge in [0.25, 0.3) is 0 Å². The summed E-state index contributed by atoms with van der Waals surface area (Å²) >= 11 is 0. The fourth-order valence-corrected chi connectivity index (χ4v) is 1.89. The van der Waals surface area contributed by atoms with Gasteiger partial charge in [-0.2, -0.15) is 0 Å². The zero-order valence-corrected chi connectivity index (χ0v) is 9.61. The minimum atomic E-state index is -0.393. The van der Waals surface area contributed by atoms with Crippen molar-refractivity contribution in [2.75, 3.05) is 18.5 Å². The van der Waals surface area contributed by atoms with Crippen molar-refractivity contribution in [3.8, 4) is 0 Å². The molecule has 0 bridgehead atoms. The molecule has 0 saturated carbocycles. The van der Waals surface area contributed by atoms with Crippen LogP contribution in [-0.4, -0.2) is 25.3 Å². The maximum Gasteiger partial charge on any atom is 0.407 e. The van der Waals surface area contributed by atoms with Crippen molar-refractivity contribution < 1.29 is 9.53 Å². The van der Waals surface area contributed by atoms with Gasteiger partial charge in [0.2, 0.25) is 0 Å². The molecule has 1 aliphatic rings. The predicted octanol–water partition coefficient (Wildman–Crippen LogP) is 1.94. The minimum Gasteiger partial charge on any atom is -0.445 e. The maximum atomic E-state index is 11.4. The molecule has 2 N–H and O–H groups in total. The van der Waals surface area contributed by atoms with Crippen molar-refractivity contribution in [1.82, 2.24) is 5.32 Å². The van der Waals surface area contributed by atoms with Crippen LogP contribution in [0, 0.1) is 0 Å². The molecule has 4 heteroatoms. The summed E-state index contributed by atoms with van der Waals surface area (Å²) in [5.74, 6) is 0. The number of alkyl carbamates (subject to hydrolysis) is 1. The van der Waals surface area contributed by atoms with E-state index in [1.807, 2.05) is 18.2 Å². The van der Waals surface area contributed by atoms with Gasteiger partial charge in [-0.15, -0.1) is 0 Å². The number of nitrogens with one attached hydrogen (secondary N) is 2. The highest BCUT2D eigenvalue weighted by Gasteiger charge is 2.19. The summed E-state index contributed by atoms with van der Waals surface area (Å²) in [6.07, 6.45) is 1.98. The van der Waals surface area contributed by atoms with Gasteiger partial charge in [-0.1, -0.05) is 30.9 Å². The number of hydrogen-bond acceptors (Lipinski definition) is 3. The first-order chi connectivity index (χ1) is 8.29. The van der Waals surface area contributed by atoms with E-state index < -0.39 is 6.09 Å². The SMILES string of the molecule is C=CCOC(=O)N[C@@H]1CNc2ccccc2C1. The van der Waals surface area contributed by atoms with Crippen molar-refractivity contribution in [2.45, 2.75) is 12.5 Å². The van der Waals surface area contributed by atoms with Crippen LogP contribution >= 0.6 is 0 Å². The normalized spacial score (nSPS) is 17.5. The second-order valence-electron chi connectivity index (χ2n) is 3.97. The molecule has 17 heavy (non-hydrogen) atoms. The molecule has 0 fully saturated rings. The Bertz CT molecular complexity index is 418. The van der Waals surface area contributed by atoms with Crippen molar-refractivity contribution in [3.63, 3.8) is 0 Å². The lowest BCUT2D eigenvalue weighted by atomic mass is 10.00. The molecule has 90 valence electrons. The third-order valence-corrected chi connectivity index (χ3v) is 2.68. The summed E-state index contributed by atoms with van der Waals surface area (Å²) in [4.78, 5) is 11.4. The fourth-order valence-electron chi connectivity index (χ4n) is 1.89. The number of fused-ring (bicyclic) bond motifs is 1. The molecule has 0 unspecified atom stereocenters. The smallest absolute Gasteiger partial charge is 0.407 e. The highest BCUT2D eigenvalue weighted by Crippen LogP contribution is 2.20. The molecule has 1 aromatic rings. The van der Waals surface area contributed by atoms with Crippen molar-refractivity contribution in [2.24, 2.45) is 0 Å². The Morgan fingerprint density at radius 2 is 2.41 bits per heavy atom. The lowest BCUT2D eigenvalue weighted by molar-refractivity contribution is 0.154. The summed E-state index contributed by atoms with van der Waals surface area (Å²) in [6.45, 7) is 4.45. The molecule has 1 aliphatic heterocycles. The summed E-state index contributed by atoms with van der Waals surface area (Å²) < 4.78 is 4.89. The highest BCUT2D eigenvalue weighted by molar-refractivity contribution is 5.68. The third-order valence-electron chi connectivity index (χ3n) is 2.68. The molecule has 0 saturated heterocycles. The molecular weight excluding hydrogens is 216 g/mol. The first-order valence-electron chi connectivity index (χ1n) is 5.65. The average molecular weight is 232 g/mol. The van der Waals surface area contributed by atoms with Crippen LogP contribution in [0.15, 0.2) is 36.9 Å². The van der Waals surface area contributed by atoms with Crippen molar-refractivity contribution >= 4 is 11.8 Å². The minimum absolute atomic E-state index is 0.0715. The van der Waals surface area contributed by atoms with Gasteiger partial charge in [0.15, 0.2) is 0 Å². The molecule has 0 spiro atoms. The van der Waals surface area contributed by atoms with Crippen LogP contribution in [0.2, 0.25) is 0 Å². The van der Waals surface area contributed by atoms with Gasteiger partial charge in [0.05, 0.1) is 6.04 Å². The lowest BCUT2D eigenvalue weighted by Gasteiger charge is -2.26. The highest BCUT2D eigenvalue weighted by atomic mass is 16.5. The number of carbonyl (C=O) groups excluding carboxylic acids is 1. The number of para-hydroxylation sites is 1. The molecule has 0 aliphatic carbocycles. The van der Waals surface area contributed by atoms with Gasteiger partial charge in [-0.3, -0.25) is 0 Å². The summed E-state index contributed by atoms with van der Waals surface area (Å²) in [7, 11) is 0. The van der Waals surface area contributed by atoms with E-state index in [0.29, 0.717) is 0 Å². The number of carbonyl (C=O) groups is 1. The molecule has 4 nitrogen and oxygen atoms in total. The molecular formula is C13H16N2O2. The molecule has 2 rings (SSSR count). The van der Waals surface area contributed by atoms with Gasteiger partial charge in [-0.05, 0) is 18.1 Å². The van der Waals surface area contributed by atoms with E-state index in [0.717, 1.165) is 18.7 Å². The van der Waals surface area contributed by atoms with Crippen LogP contribution in [0.25, 0.3) is 0 Å². The molecule has 0 aromatic heterocycles. The van der Waals surface area contributed by atoms with E-state index in [2.05, 4.69) is 23.3 Å². The van der Waals surface area contributed by atoms with Crippen LogP contribution in [0.5, 0.6) is 0 Å². The van der Waals surface area contributed by atoms with Gasteiger partial charge in [-0.25, -0.2) is 4.79 Å². The van der Waals surface area contributed by atoms with Gasteiger partial charge in [0.1, 0.15) is 6.61 Å². The van der Waals surface area contributed by atoms with Crippen molar-refractivity contribution in [1.29, 1.82) is 0 Å². The van der Waals surface area contributed by atoms with E-state index >= 15 is 0 Å². The molecule has 1 aromatic carbocycles. The lowest BCUT2D eigenvalue weighted by Crippen LogP contribution is -2.43. The average Bonchev–Trinajstić information content (AvgIpc) is 2.36. The van der Waals surface area contributed by atoms with Crippen molar-refractivity contribution in [3.05, 3.63) is 42.5 Å². The number of hydrogen-bond donors (Lipinski definition) is 2. The fraction of sp³-hybridized carbons (Fsp3) is 0.308. The van der Waals surface area contributed by atoms with Crippen LogP contribution in [0.3, 0.4) is 0 Å². The summed E-state index contributed by atoms with van der Waals surface area (Å²) in [6, 6.07) is 8.17. The number of ether oxygens (including phenoxy) is 1. The van der Waals surface area contributed by atoms with Gasteiger partial charge < -0.3 is 15.4 Å². The number of benzene rings is 1. The van der Waals surface area contributed by atoms with Gasteiger partial charge in [0, 0.05) is 12.2 Å². The predicted molar refractivity (Wildman–Crippen MR) is 67.1 cm³/mol. The standard InChI is InChI=1S/C13H16N2O2/c1-2-7-17-13(16)15-11-8-10-5-3-4-6-12(10)14-9-11/h2-6,11,14H,1,7-9H2,(H,15,16)/t11-/m0/s1. The monoisotopic (exact) mass is 232 g/mol. The zero-order valence-electron chi connectivity index (χ0n) is 9.61. The number of rotatable bonds is 3. The summed E-state index contributed by atoms with van der Waals surface area (Å²) in [5.41, 5.74) is 2.36.